The maximum Gasteiger partial charge on any atom is 0.119 e. The molecule has 1 atom stereocenters. The first kappa shape index (κ1) is 15.9. The molecule has 1 aromatic heterocycles. The van der Waals surface area contributed by atoms with Gasteiger partial charge in [0, 0.05) is 7.05 Å². The Morgan fingerprint density at radius 2 is 2.19 bits per heavy atom. The number of aryl methyl sites for hydroxylation is 1. The van der Waals surface area contributed by atoms with Gasteiger partial charge < -0.3 is 10.1 Å². The van der Waals surface area contributed by atoms with E-state index in [0.717, 1.165) is 30.0 Å². The summed E-state index contributed by atoms with van der Waals surface area (Å²) < 4.78 is 7.42. The highest BCUT2D eigenvalue weighted by Gasteiger charge is 2.20. The van der Waals surface area contributed by atoms with Gasteiger partial charge in [-0.25, -0.2) is 0 Å². The van der Waals surface area contributed by atoms with Crippen molar-refractivity contribution in [2.45, 2.75) is 26.3 Å². The molecule has 0 saturated heterocycles. The van der Waals surface area contributed by atoms with E-state index in [1.165, 1.54) is 0 Å². The van der Waals surface area contributed by atoms with Crippen molar-refractivity contribution >= 4 is 11.6 Å². The maximum absolute atomic E-state index is 6.32. The summed E-state index contributed by atoms with van der Waals surface area (Å²) in [7, 11) is 1.91. The van der Waals surface area contributed by atoms with Crippen LogP contribution in [0.25, 0.3) is 0 Å². The SMILES string of the molecule is CCCNC(c1cccc(OCC)c1)c1c(Cl)cnn1C. The number of rotatable bonds is 7. The molecule has 0 amide bonds. The number of hydrogen-bond donors (Lipinski definition) is 1. The fourth-order valence-corrected chi connectivity index (χ4v) is 2.63. The third-order valence-electron chi connectivity index (χ3n) is 3.31. The minimum absolute atomic E-state index is 0.00496. The number of nitrogens with zero attached hydrogens (tertiary/aromatic N) is 2. The summed E-state index contributed by atoms with van der Waals surface area (Å²) in [4.78, 5) is 0. The van der Waals surface area contributed by atoms with Crippen LogP contribution in [0.15, 0.2) is 30.5 Å². The van der Waals surface area contributed by atoms with E-state index >= 15 is 0 Å². The summed E-state index contributed by atoms with van der Waals surface area (Å²) in [5.41, 5.74) is 2.10. The van der Waals surface area contributed by atoms with Crippen LogP contribution in [-0.4, -0.2) is 22.9 Å². The van der Waals surface area contributed by atoms with Crippen LogP contribution in [0.2, 0.25) is 5.02 Å². The molecule has 2 aromatic rings. The van der Waals surface area contributed by atoms with E-state index in [4.69, 9.17) is 16.3 Å². The molecule has 0 bridgehead atoms. The molecule has 0 spiro atoms. The average molecular weight is 308 g/mol. The van der Waals surface area contributed by atoms with E-state index in [9.17, 15) is 0 Å². The molecule has 1 N–H and O–H groups in total. The first-order chi connectivity index (χ1) is 10.2. The summed E-state index contributed by atoms with van der Waals surface area (Å²) in [5.74, 6) is 0.872. The number of ether oxygens (including phenoxy) is 1. The van der Waals surface area contributed by atoms with Gasteiger partial charge in [0.2, 0.25) is 0 Å². The van der Waals surface area contributed by atoms with Crippen molar-refractivity contribution in [2.24, 2.45) is 7.05 Å². The third kappa shape index (κ3) is 3.77. The first-order valence-electron chi connectivity index (χ1n) is 7.30. The van der Waals surface area contributed by atoms with Crippen molar-refractivity contribution < 1.29 is 4.74 Å². The van der Waals surface area contributed by atoms with E-state index in [-0.39, 0.29) is 6.04 Å². The molecular formula is C16H22ClN3O. The Morgan fingerprint density at radius 3 is 2.81 bits per heavy atom. The van der Waals surface area contributed by atoms with E-state index in [2.05, 4.69) is 29.5 Å². The van der Waals surface area contributed by atoms with E-state index in [1.54, 1.807) is 6.20 Å². The van der Waals surface area contributed by atoms with Gasteiger partial charge in [0.15, 0.2) is 0 Å². The molecule has 1 heterocycles. The highest BCUT2D eigenvalue weighted by atomic mass is 35.5. The maximum atomic E-state index is 6.32. The van der Waals surface area contributed by atoms with Crippen molar-refractivity contribution in [3.05, 3.63) is 46.7 Å². The standard InChI is InChI=1S/C16H22ClN3O/c1-4-9-18-15(16-14(17)11-19-20(16)3)12-7-6-8-13(10-12)21-5-2/h6-8,10-11,15,18H,4-5,9H2,1-3H3. The number of aromatic nitrogens is 2. The lowest BCUT2D eigenvalue weighted by Crippen LogP contribution is -2.25. The number of benzene rings is 1. The van der Waals surface area contributed by atoms with Crippen molar-refractivity contribution in [1.82, 2.24) is 15.1 Å². The van der Waals surface area contributed by atoms with Gasteiger partial charge in [-0.1, -0.05) is 30.7 Å². The normalized spacial score (nSPS) is 12.4. The molecule has 0 aliphatic rings. The van der Waals surface area contributed by atoms with Gasteiger partial charge in [0.05, 0.1) is 29.6 Å². The molecule has 0 radical (unpaired) electrons. The summed E-state index contributed by atoms with van der Waals surface area (Å²) in [5, 5.41) is 8.46. The van der Waals surface area contributed by atoms with E-state index in [1.807, 2.05) is 30.8 Å². The highest BCUT2D eigenvalue weighted by molar-refractivity contribution is 6.31. The minimum atomic E-state index is 0.00496. The first-order valence-corrected chi connectivity index (χ1v) is 7.68. The molecule has 21 heavy (non-hydrogen) atoms. The molecule has 2 rings (SSSR count). The lowest BCUT2D eigenvalue weighted by Gasteiger charge is -2.20. The van der Waals surface area contributed by atoms with E-state index < -0.39 is 0 Å². The molecule has 0 aliphatic carbocycles. The van der Waals surface area contributed by atoms with Crippen LogP contribution in [0, 0.1) is 0 Å². The van der Waals surface area contributed by atoms with Crippen LogP contribution >= 0.6 is 11.6 Å². The van der Waals surface area contributed by atoms with Crippen molar-refractivity contribution in [1.29, 1.82) is 0 Å². The van der Waals surface area contributed by atoms with Crippen molar-refractivity contribution in [2.75, 3.05) is 13.2 Å². The Hall–Kier alpha value is -1.52. The smallest absolute Gasteiger partial charge is 0.119 e. The molecular weight excluding hydrogens is 286 g/mol. The lowest BCUT2D eigenvalue weighted by molar-refractivity contribution is 0.339. The topological polar surface area (TPSA) is 39.1 Å². The van der Waals surface area contributed by atoms with Crippen molar-refractivity contribution in [3.63, 3.8) is 0 Å². The second-order valence-electron chi connectivity index (χ2n) is 4.89. The highest BCUT2D eigenvalue weighted by Crippen LogP contribution is 2.29. The fraction of sp³-hybridized carbons (Fsp3) is 0.438. The molecule has 5 heteroatoms. The summed E-state index contributed by atoms with van der Waals surface area (Å²) in [6.07, 6.45) is 2.74. The molecule has 1 unspecified atom stereocenters. The van der Waals surface area contributed by atoms with Crippen LogP contribution < -0.4 is 10.1 Å². The Kier molecular flexibility index (Phi) is 5.65. The van der Waals surface area contributed by atoms with Crippen molar-refractivity contribution in [3.8, 4) is 5.75 Å². The Labute approximate surface area is 131 Å². The largest absolute Gasteiger partial charge is 0.494 e. The van der Waals surface area contributed by atoms with Gasteiger partial charge in [-0.2, -0.15) is 5.10 Å². The zero-order valence-electron chi connectivity index (χ0n) is 12.8. The van der Waals surface area contributed by atoms with Gasteiger partial charge >= 0.3 is 0 Å². The van der Waals surface area contributed by atoms with Gasteiger partial charge in [0.25, 0.3) is 0 Å². The zero-order chi connectivity index (χ0) is 15.2. The summed E-state index contributed by atoms with van der Waals surface area (Å²) in [6, 6.07) is 8.12. The second kappa shape index (κ2) is 7.48. The molecule has 114 valence electrons. The molecule has 1 aromatic carbocycles. The number of nitrogens with one attached hydrogen (secondary N) is 1. The van der Waals surface area contributed by atoms with Crippen LogP contribution in [-0.2, 0) is 7.05 Å². The summed E-state index contributed by atoms with van der Waals surface area (Å²) in [6.45, 7) is 5.69. The van der Waals surface area contributed by atoms with Crippen LogP contribution in [0.3, 0.4) is 0 Å². The predicted molar refractivity (Wildman–Crippen MR) is 86.0 cm³/mol. The minimum Gasteiger partial charge on any atom is -0.494 e. The lowest BCUT2D eigenvalue weighted by atomic mass is 10.0. The quantitative estimate of drug-likeness (QED) is 0.850. The van der Waals surface area contributed by atoms with Gasteiger partial charge in [-0.15, -0.1) is 0 Å². The van der Waals surface area contributed by atoms with Gasteiger partial charge in [-0.3, -0.25) is 4.68 Å². The molecule has 0 saturated carbocycles. The molecule has 4 nitrogen and oxygen atoms in total. The zero-order valence-corrected chi connectivity index (χ0v) is 13.5. The average Bonchev–Trinajstić information content (AvgIpc) is 2.81. The van der Waals surface area contributed by atoms with Crippen LogP contribution in [0.1, 0.15) is 37.6 Å². The molecule has 0 aliphatic heterocycles. The second-order valence-corrected chi connectivity index (χ2v) is 5.30. The van der Waals surface area contributed by atoms with Gasteiger partial charge in [-0.05, 0) is 37.6 Å². The van der Waals surface area contributed by atoms with Crippen LogP contribution in [0.4, 0.5) is 0 Å². The Balaban J connectivity index is 2.38. The van der Waals surface area contributed by atoms with E-state index in [0.29, 0.717) is 11.6 Å². The monoisotopic (exact) mass is 307 g/mol. The van der Waals surface area contributed by atoms with Crippen LogP contribution in [0.5, 0.6) is 5.75 Å². The summed E-state index contributed by atoms with van der Waals surface area (Å²) >= 11 is 6.32. The fourth-order valence-electron chi connectivity index (χ4n) is 2.36. The third-order valence-corrected chi connectivity index (χ3v) is 3.60. The molecule has 0 fully saturated rings. The number of halogens is 1. The predicted octanol–water partition coefficient (Wildman–Crippen LogP) is 3.56. The van der Waals surface area contributed by atoms with Gasteiger partial charge in [0.1, 0.15) is 5.75 Å². The number of hydrogen-bond acceptors (Lipinski definition) is 3. The Morgan fingerprint density at radius 1 is 1.38 bits per heavy atom. The Bertz CT molecular complexity index is 563.